The molecule has 0 heterocycles. The second-order valence-electron chi connectivity index (χ2n) is 4.05. The number of rotatable bonds is 4. The van der Waals surface area contributed by atoms with Crippen molar-refractivity contribution < 1.29 is 9.90 Å². The number of carboxylic acid groups (broad SMARTS) is 1. The molecule has 12 heavy (non-hydrogen) atoms. The molecule has 1 aliphatic rings. The first-order chi connectivity index (χ1) is 5.57. The number of likely N-dealkylation sites (N-methyl/N-ethyl adjacent to an activating group) is 1. The van der Waals surface area contributed by atoms with E-state index >= 15 is 0 Å². The van der Waals surface area contributed by atoms with E-state index in [-0.39, 0.29) is 11.5 Å². The lowest BCUT2D eigenvalue weighted by Crippen LogP contribution is -2.41. The minimum Gasteiger partial charge on any atom is -0.480 e. The van der Waals surface area contributed by atoms with Crippen LogP contribution >= 0.6 is 0 Å². The van der Waals surface area contributed by atoms with Gasteiger partial charge < -0.3 is 10.4 Å². The van der Waals surface area contributed by atoms with Crippen LogP contribution in [0.1, 0.15) is 32.6 Å². The second kappa shape index (κ2) is 3.44. The molecule has 0 aliphatic heterocycles. The van der Waals surface area contributed by atoms with E-state index in [4.69, 9.17) is 5.11 Å². The van der Waals surface area contributed by atoms with Crippen molar-refractivity contribution in [1.29, 1.82) is 0 Å². The lowest BCUT2D eigenvalue weighted by molar-refractivity contribution is -0.140. The minimum atomic E-state index is -0.731. The molecule has 1 saturated carbocycles. The minimum absolute atomic E-state index is 0.284. The van der Waals surface area contributed by atoms with Crippen LogP contribution in [-0.2, 0) is 4.79 Å². The maximum Gasteiger partial charge on any atom is 0.320 e. The monoisotopic (exact) mass is 171 g/mol. The fraction of sp³-hybridized carbons (Fsp3) is 0.889. The molecule has 3 heteroatoms. The summed E-state index contributed by atoms with van der Waals surface area (Å²) in [6.07, 6.45) is 4.38. The van der Waals surface area contributed by atoms with Crippen molar-refractivity contribution in [3.8, 4) is 0 Å². The number of carboxylic acids is 1. The number of aliphatic carboxylic acids is 1. The van der Waals surface area contributed by atoms with E-state index in [1.807, 2.05) is 0 Å². The Morgan fingerprint density at radius 2 is 2.25 bits per heavy atom. The predicted molar refractivity (Wildman–Crippen MR) is 47.1 cm³/mol. The van der Waals surface area contributed by atoms with Crippen molar-refractivity contribution in [2.24, 2.45) is 5.41 Å². The van der Waals surface area contributed by atoms with Crippen LogP contribution in [-0.4, -0.2) is 24.2 Å². The summed E-state index contributed by atoms with van der Waals surface area (Å²) >= 11 is 0. The van der Waals surface area contributed by atoms with Crippen molar-refractivity contribution in [1.82, 2.24) is 5.32 Å². The molecule has 1 atom stereocenters. The van der Waals surface area contributed by atoms with Gasteiger partial charge in [-0.15, -0.1) is 0 Å². The van der Waals surface area contributed by atoms with E-state index in [1.165, 1.54) is 19.3 Å². The van der Waals surface area contributed by atoms with Crippen LogP contribution in [0, 0.1) is 5.41 Å². The highest BCUT2D eigenvalue weighted by Crippen LogP contribution is 2.43. The highest BCUT2D eigenvalue weighted by atomic mass is 16.4. The Bertz CT molecular complexity index is 175. The number of nitrogens with one attached hydrogen (secondary N) is 1. The van der Waals surface area contributed by atoms with Gasteiger partial charge in [0.25, 0.3) is 0 Å². The van der Waals surface area contributed by atoms with E-state index in [0.29, 0.717) is 0 Å². The van der Waals surface area contributed by atoms with Gasteiger partial charge in [-0.2, -0.15) is 0 Å². The van der Waals surface area contributed by atoms with Crippen molar-refractivity contribution in [2.45, 2.75) is 38.6 Å². The molecule has 70 valence electrons. The van der Waals surface area contributed by atoms with Crippen molar-refractivity contribution >= 4 is 5.97 Å². The van der Waals surface area contributed by atoms with Crippen LogP contribution in [0.3, 0.4) is 0 Å². The van der Waals surface area contributed by atoms with Crippen LogP contribution in [0.2, 0.25) is 0 Å². The van der Waals surface area contributed by atoms with E-state index < -0.39 is 5.97 Å². The van der Waals surface area contributed by atoms with Crippen LogP contribution in [0.4, 0.5) is 0 Å². The van der Waals surface area contributed by atoms with Gasteiger partial charge in [-0.1, -0.05) is 13.3 Å². The largest absolute Gasteiger partial charge is 0.480 e. The van der Waals surface area contributed by atoms with Gasteiger partial charge in [-0.05, 0) is 31.7 Å². The van der Waals surface area contributed by atoms with E-state index in [2.05, 4.69) is 12.2 Å². The lowest BCUT2D eigenvalue weighted by Gasteiger charge is -2.40. The quantitative estimate of drug-likeness (QED) is 0.669. The Hall–Kier alpha value is -0.570. The lowest BCUT2D eigenvalue weighted by atomic mass is 9.67. The van der Waals surface area contributed by atoms with Crippen LogP contribution < -0.4 is 5.32 Å². The normalized spacial score (nSPS) is 22.8. The third kappa shape index (κ3) is 1.97. The van der Waals surface area contributed by atoms with Gasteiger partial charge in [0.2, 0.25) is 0 Å². The summed E-state index contributed by atoms with van der Waals surface area (Å²) in [5.74, 6) is -0.731. The van der Waals surface area contributed by atoms with Gasteiger partial charge in [0.1, 0.15) is 6.04 Å². The van der Waals surface area contributed by atoms with Gasteiger partial charge in [-0.3, -0.25) is 4.79 Å². The van der Waals surface area contributed by atoms with Crippen molar-refractivity contribution in [3.63, 3.8) is 0 Å². The molecule has 3 nitrogen and oxygen atoms in total. The summed E-state index contributed by atoms with van der Waals surface area (Å²) in [4.78, 5) is 10.7. The zero-order chi connectivity index (χ0) is 9.19. The maximum atomic E-state index is 10.7. The average molecular weight is 171 g/mol. The molecule has 0 amide bonds. The Labute approximate surface area is 73.2 Å². The van der Waals surface area contributed by atoms with Gasteiger partial charge in [-0.25, -0.2) is 0 Å². The third-order valence-corrected chi connectivity index (χ3v) is 2.90. The van der Waals surface area contributed by atoms with Gasteiger partial charge >= 0.3 is 5.97 Å². The fourth-order valence-electron chi connectivity index (χ4n) is 1.79. The summed E-state index contributed by atoms with van der Waals surface area (Å²) in [7, 11) is 1.71. The molecule has 0 aromatic carbocycles. The molecule has 0 bridgehead atoms. The molecule has 1 rings (SSSR count). The average Bonchev–Trinajstić information content (AvgIpc) is 1.96. The SMILES string of the molecule is CN[C@H](CC1(C)CCC1)C(=O)O. The molecule has 2 N–H and O–H groups in total. The van der Waals surface area contributed by atoms with Crippen LogP contribution in [0.5, 0.6) is 0 Å². The van der Waals surface area contributed by atoms with Gasteiger partial charge in [0, 0.05) is 0 Å². The fourth-order valence-corrected chi connectivity index (χ4v) is 1.79. The highest BCUT2D eigenvalue weighted by molar-refractivity contribution is 5.73. The molecule has 1 fully saturated rings. The zero-order valence-corrected chi connectivity index (χ0v) is 7.76. The summed E-state index contributed by atoms with van der Waals surface area (Å²) in [6, 6.07) is -0.365. The number of carbonyl (C=O) groups is 1. The smallest absolute Gasteiger partial charge is 0.320 e. The molecule has 0 saturated heterocycles. The molecule has 0 aromatic heterocycles. The summed E-state index contributed by atoms with van der Waals surface area (Å²) < 4.78 is 0. The second-order valence-corrected chi connectivity index (χ2v) is 4.05. The molecular formula is C9H17NO2. The van der Waals surface area contributed by atoms with E-state index in [9.17, 15) is 4.79 Å². The van der Waals surface area contributed by atoms with Crippen LogP contribution in [0.25, 0.3) is 0 Å². The van der Waals surface area contributed by atoms with Gasteiger partial charge in [0.15, 0.2) is 0 Å². The first-order valence-corrected chi connectivity index (χ1v) is 4.47. The van der Waals surface area contributed by atoms with E-state index in [1.54, 1.807) is 7.05 Å². The summed E-state index contributed by atoms with van der Waals surface area (Å²) in [5.41, 5.74) is 0.284. The number of hydrogen-bond acceptors (Lipinski definition) is 2. The first kappa shape index (κ1) is 9.52. The molecular weight excluding hydrogens is 154 g/mol. The first-order valence-electron chi connectivity index (χ1n) is 4.47. The summed E-state index contributed by atoms with van der Waals surface area (Å²) in [5, 5.41) is 11.6. The zero-order valence-electron chi connectivity index (χ0n) is 7.76. The topological polar surface area (TPSA) is 49.3 Å². The Morgan fingerprint density at radius 1 is 1.67 bits per heavy atom. The highest BCUT2D eigenvalue weighted by Gasteiger charge is 2.35. The third-order valence-electron chi connectivity index (χ3n) is 2.90. The molecule has 0 aromatic rings. The molecule has 1 aliphatic carbocycles. The van der Waals surface area contributed by atoms with Gasteiger partial charge in [0.05, 0.1) is 0 Å². The number of hydrogen-bond donors (Lipinski definition) is 2. The van der Waals surface area contributed by atoms with E-state index in [0.717, 1.165) is 6.42 Å². The molecule has 0 unspecified atom stereocenters. The Balaban J connectivity index is 2.41. The maximum absolute atomic E-state index is 10.7. The van der Waals surface area contributed by atoms with Crippen molar-refractivity contribution in [2.75, 3.05) is 7.05 Å². The Kier molecular flexibility index (Phi) is 2.73. The summed E-state index contributed by atoms with van der Waals surface area (Å²) in [6.45, 7) is 2.17. The molecule has 0 spiro atoms. The molecule has 0 radical (unpaired) electrons. The van der Waals surface area contributed by atoms with Crippen molar-refractivity contribution in [3.05, 3.63) is 0 Å². The standard InChI is InChI=1S/C9H17NO2/c1-9(4-3-5-9)6-7(10-2)8(11)12/h7,10H,3-6H2,1-2H3,(H,11,12)/t7-/m1/s1. The Morgan fingerprint density at radius 3 is 2.50 bits per heavy atom. The van der Waals surface area contributed by atoms with Crippen LogP contribution in [0.15, 0.2) is 0 Å². The predicted octanol–water partition coefficient (Wildman–Crippen LogP) is 1.24.